The van der Waals surface area contributed by atoms with E-state index in [0.717, 1.165) is 43.5 Å². The first kappa shape index (κ1) is 20.2. The molecule has 0 saturated heterocycles. The number of nitriles is 1. The molecule has 2 aliphatic rings. The van der Waals surface area contributed by atoms with Crippen LogP contribution in [0.4, 0.5) is 5.00 Å². The van der Waals surface area contributed by atoms with Crippen molar-refractivity contribution in [2.24, 2.45) is 5.92 Å². The molecule has 1 saturated carbocycles. The molecule has 1 atom stereocenters. The van der Waals surface area contributed by atoms with E-state index in [1.807, 2.05) is 0 Å². The van der Waals surface area contributed by atoms with Crippen LogP contribution in [0.5, 0.6) is 0 Å². The summed E-state index contributed by atoms with van der Waals surface area (Å²) in [7, 11) is 0. The molecular formula is C20H26N6OS2. The summed E-state index contributed by atoms with van der Waals surface area (Å²) >= 11 is 2.83. The summed E-state index contributed by atoms with van der Waals surface area (Å²) in [5.41, 5.74) is 1.76. The van der Waals surface area contributed by atoms with E-state index >= 15 is 0 Å². The third-order valence-corrected chi connectivity index (χ3v) is 7.98. The zero-order chi connectivity index (χ0) is 20.4. The molecule has 2 aromatic heterocycles. The second-order valence-corrected chi connectivity index (χ2v) is 10.1. The number of amides is 1. The fourth-order valence-electron chi connectivity index (χ4n) is 4.28. The van der Waals surface area contributed by atoms with Gasteiger partial charge in [0.05, 0.1) is 11.3 Å². The van der Waals surface area contributed by atoms with Crippen molar-refractivity contribution in [1.82, 2.24) is 14.9 Å². The number of nitrogens with two attached hydrogens (primary N) is 1. The zero-order valence-corrected chi connectivity index (χ0v) is 18.2. The topological polar surface area (TPSA) is 110 Å². The molecule has 0 unspecified atom stereocenters. The number of carbonyl (C=O) groups excluding carboxylic acids is 1. The molecule has 2 heterocycles. The summed E-state index contributed by atoms with van der Waals surface area (Å²) < 4.78 is 1.54. The molecule has 9 heteroatoms. The van der Waals surface area contributed by atoms with E-state index in [-0.39, 0.29) is 11.7 Å². The molecular weight excluding hydrogens is 404 g/mol. The molecule has 0 aromatic carbocycles. The van der Waals surface area contributed by atoms with Crippen molar-refractivity contribution in [3.05, 3.63) is 21.8 Å². The van der Waals surface area contributed by atoms with Crippen molar-refractivity contribution in [2.45, 2.75) is 69.4 Å². The lowest BCUT2D eigenvalue weighted by Crippen LogP contribution is -2.19. The summed E-state index contributed by atoms with van der Waals surface area (Å²) in [6.07, 6.45) is 8.86. The van der Waals surface area contributed by atoms with Gasteiger partial charge in [-0.2, -0.15) is 5.26 Å². The van der Waals surface area contributed by atoms with Gasteiger partial charge in [0.2, 0.25) is 11.1 Å². The molecule has 2 aromatic rings. The highest BCUT2D eigenvalue weighted by Crippen LogP contribution is 2.39. The Labute approximate surface area is 179 Å². The lowest BCUT2D eigenvalue weighted by Gasteiger charge is -2.20. The Morgan fingerprint density at radius 3 is 2.90 bits per heavy atom. The Morgan fingerprint density at radius 1 is 1.34 bits per heavy atom. The highest BCUT2D eigenvalue weighted by Gasteiger charge is 2.25. The van der Waals surface area contributed by atoms with Crippen LogP contribution in [-0.2, 0) is 17.6 Å². The van der Waals surface area contributed by atoms with Gasteiger partial charge in [-0.25, -0.2) is 4.68 Å². The Bertz CT molecular complexity index is 938. The Hall–Kier alpha value is -2.05. The summed E-state index contributed by atoms with van der Waals surface area (Å²) in [5, 5.41) is 22.2. The van der Waals surface area contributed by atoms with Crippen molar-refractivity contribution in [2.75, 3.05) is 16.9 Å². The van der Waals surface area contributed by atoms with E-state index in [2.05, 4.69) is 28.5 Å². The van der Waals surface area contributed by atoms with Gasteiger partial charge >= 0.3 is 0 Å². The minimum atomic E-state index is -0.152. The van der Waals surface area contributed by atoms with Crippen molar-refractivity contribution < 1.29 is 4.79 Å². The van der Waals surface area contributed by atoms with Gasteiger partial charge in [0, 0.05) is 10.8 Å². The monoisotopic (exact) mass is 430 g/mol. The first-order valence-electron chi connectivity index (χ1n) is 10.2. The molecule has 7 nitrogen and oxygen atoms in total. The number of nitrogens with zero attached hydrogens (tertiary/aromatic N) is 4. The molecule has 0 radical (unpaired) electrons. The Kier molecular flexibility index (Phi) is 6.11. The Morgan fingerprint density at radius 2 is 2.14 bits per heavy atom. The predicted molar refractivity (Wildman–Crippen MR) is 116 cm³/mol. The van der Waals surface area contributed by atoms with Gasteiger partial charge in [-0.3, -0.25) is 4.79 Å². The number of thioether (sulfide) groups is 1. The second-order valence-electron chi connectivity index (χ2n) is 8.05. The van der Waals surface area contributed by atoms with Crippen molar-refractivity contribution in [3.8, 4) is 6.07 Å². The number of nitrogen functional groups attached to an aromatic ring is 1. The number of hydrogen-bond donors (Lipinski definition) is 2. The van der Waals surface area contributed by atoms with Crippen molar-refractivity contribution in [3.63, 3.8) is 0 Å². The van der Waals surface area contributed by atoms with Gasteiger partial charge < -0.3 is 11.2 Å². The van der Waals surface area contributed by atoms with E-state index in [4.69, 9.17) is 5.84 Å². The first-order valence-corrected chi connectivity index (χ1v) is 12.0. The summed E-state index contributed by atoms with van der Waals surface area (Å²) in [6, 6.07) is 2.29. The van der Waals surface area contributed by atoms with Crippen molar-refractivity contribution >= 4 is 34.0 Å². The summed E-state index contributed by atoms with van der Waals surface area (Å²) in [6.45, 7) is 2.23. The number of nitrogens with one attached hydrogen (secondary N) is 1. The minimum Gasteiger partial charge on any atom is -0.336 e. The normalized spacial score (nSPS) is 19.5. The first-order chi connectivity index (χ1) is 14.1. The number of fused-ring (bicyclic) bond motifs is 1. The minimum absolute atomic E-state index is 0.152. The number of carbonyl (C=O) groups is 1. The molecule has 0 spiro atoms. The van der Waals surface area contributed by atoms with Crippen LogP contribution in [0.15, 0.2) is 5.16 Å². The molecule has 4 rings (SSSR count). The van der Waals surface area contributed by atoms with Gasteiger partial charge in [0.15, 0.2) is 5.82 Å². The molecule has 154 valence electrons. The van der Waals surface area contributed by atoms with Crippen LogP contribution in [0.2, 0.25) is 0 Å². The average Bonchev–Trinajstić information content (AvgIpc) is 3.26. The maximum absolute atomic E-state index is 12.5. The van der Waals surface area contributed by atoms with E-state index in [0.29, 0.717) is 27.6 Å². The summed E-state index contributed by atoms with van der Waals surface area (Å²) in [5.74, 6) is 8.04. The lowest BCUT2D eigenvalue weighted by atomic mass is 9.89. The highest BCUT2D eigenvalue weighted by molar-refractivity contribution is 7.99. The van der Waals surface area contributed by atoms with Crippen LogP contribution < -0.4 is 11.2 Å². The zero-order valence-electron chi connectivity index (χ0n) is 16.6. The third kappa shape index (κ3) is 4.28. The summed E-state index contributed by atoms with van der Waals surface area (Å²) in [4.78, 5) is 13.8. The number of rotatable bonds is 5. The van der Waals surface area contributed by atoms with E-state index < -0.39 is 0 Å². The number of aromatic nitrogens is 3. The number of thiophene rings is 1. The molecule has 29 heavy (non-hydrogen) atoms. The maximum Gasteiger partial charge on any atom is 0.235 e. The van der Waals surface area contributed by atoms with Gasteiger partial charge in [-0.1, -0.05) is 37.9 Å². The average molecular weight is 431 g/mol. The maximum atomic E-state index is 12.5. The second kappa shape index (κ2) is 8.76. The number of hydrogen-bond acceptors (Lipinski definition) is 7. The SMILES string of the molecule is C[C@@H]1CCc2c(sc(NC(=O)CSc3nnc(C4CCCCC4)n3N)c2C#N)C1. The Balaban J connectivity index is 1.39. The highest BCUT2D eigenvalue weighted by atomic mass is 32.2. The molecule has 0 aliphatic heterocycles. The van der Waals surface area contributed by atoms with Gasteiger partial charge in [-0.15, -0.1) is 21.5 Å². The van der Waals surface area contributed by atoms with Crippen molar-refractivity contribution in [1.29, 1.82) is 5.26 Å². The molecule has 3 N–H and O–H groups in total. The lowest BCUT2D eigenvalue weighted by molar-refractivity contribution is -0.113. The van der Waals surface area contributed by atoms with Gasteiger partial charge in [-0.05, 0) is 43.6 Å². The van der Waals surface area contributed by atoms with E-state index in [9.17, 15) is 10.1 Å². The largest absolute Gasteiger partial charge is 0.336 e. The molecule has 2 aliphatic carbocycles. The standard InChI is InChI=1S/C20H26N6OS2/c1-12-7-8-14-15(10-21)19(29-16(14)9-12)23-17(27)11-28-20-25-24-18(26(20)22)13-5-3-2-4-6-13/h12-13H,2-9,11,22H2,1H3,(H,23,27)/t12-/m1/s1. The van der Waals surface area contributed by atoms with Crippen LogP contribution >= 0.6 is 23.1 Å². The van der Waals surface area contributed by atoms with Gasteiger partial charge in [0.1, 0.15) is 11.1 Å². The molecule has 1 amide bonds. The molecule has 1 fully saturated rings. The van der Waals surface area contributed by atoms with Gasteiger partial charge in [0.25, 0.3) is 0 Å². The fourth-order valence-corrected chi connectivity index (χ4v) is 6.32. The number of anilines is 1. The smallest absolute Gasteiger partial charge is 0.235 e. The van der Waals surface area contributed by atoms with E-state index in [1.54, 1.807) is 16.0 Å². The van der Waals surface area contributed by atoms with Crippen LogP contribution in [-0.4, -0.2) is 26.5 Å². The predicted octanol–water partition coefficient (Wildman–Crippen LogP) is 3.83. The molecule has 0 bridgehead atoms. The van der Waals surface area contributed by atoms with Crippen LogP contribution in [0, 0.1) is 17.2 Å². The fraction of sp³-hybridized carbons (Fsp3) is 0.600. The van der Waals surface area contributed by atoms with Crippen LogP contribution in [0.3, 0.4) is 0 Å². The third-order valence-electron chi connectivity index (χ3n) is 5.87. The van der Waals surface area contributed by atoms with Crippen LogP contribution in [0.1, 0.15) is 73.2 Å². The quantitative estimate of drug-likeness (QED) is 0.551. The van der Waals surface area contributed by atoms with E-state index in [1.165, 1.54) is 35.9 Å². The van der Waals surface area contributed by atoms with Crippen LogP contribution in [0.25, 0.3) is 0 Å².